The van der Waals surface area contributed by atoms with Gasteiger partial charge in [0.1, 0.15) is 4.90 Å². The molecular weight excluding hydrogens is 326 g/mol. The molecule has 0 aliphatic heterocycles. The summed E-state index contributed by atoms with van der Waals surface area (Å²) in [6.07, 6.45) is 0.995. The van der Waals surface area contributed by atoms with E-state index in [0.29, 0.717) is 24.2 Å². The Morgan fingerprint density at radius 3 is 2.38 bits per heavy atom. The number of nitrogens with zero attached hydrogens (tertiary/aromatic N) is 2. The van der Waals surface area contributed by atoms with Gasteiger partial charge in [-0.3, -0.25) is 9.48 Å². The van der Waals surface area contributed by atoms with E-state index in [1.165, 1.54) is 0 Å². The summed E-state index contributed by atoms with van der Waals surface area (Å²) in [6, 6.07) is 9.09. The van der Waals surface area contributed by atoms with Crippen LogP contribution in [0, 0.1) is 0 Å². The van der Waals surface area contributed by atoms with Crippen molar-refractivity contribution in [3.63, 3.8) is 0 Å². The van der Waals surface area contributed by atoms with Crippen LogP contribution < -0.4 is 4.72 Å². The molecule has 0 saturated carbocycles. The van der Waals surface area contributed by atoms with E-state index < -0.39 is 21.8 Å². The summed E-state index contributed by atoms with van der Waals surface area (Å²) in [4.78, 5) is 12.5. The SMILES string of the molecule is CCc1nn(C)c(CC)c1S(=O)(=O)NC(=O)[C@@H](C)c1ccccc1. The van der Waals surface area contributed by atoms with E-state index >= 15 is 0 Å². The van der Waals surface area contributed by atoms with E-state index in [-0.39, 0.29) is 4.90 Å². The molecule has 0 spiro atoms. The molecule has 0 aliphatic carbocycles. The second-order valence-electron chi connectivity index (χ2n) is 5.66. The summed E-state index contributed by atoms with van der Waals surface area (Å²) in [7, 11) is -2.25. The topological polar surface area (TPSA) is 81.1 Å². The molecular formula is C17H23N3O3S. The number of hydrogen-bond acceptors (Lipinski definition) is 4. The number of aromatic nitrogens is 2. The lowest BCUT2D eigenvalue weighted by Crippen LogP contribution is -2.34. The first-order chi connectivity index (χ1) is 11.3. The number of rotatable bonds is 6. The molecule has 24 heavy (non-hydrogen) atoms. The molecule has 1 amide bonds. The van der Waals surface area contributed by atoms with Crippen molar-refractivity contribution in [1.29, 1.82) is 0 Å². The lowest BCUT2D eigenvalue weighted by molar-refractivity contribution is -0.120. The summed E-state index contributed by atoms with van der Waals surface area (Å²) < 4.78 is 29.3. The molecule has 0 bridgehead atoms. The maximum absolute atomic E-state index is 12.8. The second-order valence-corrected chi connectivity index (χ2v) is 7.27. The molecule has 0 saturated heterocycles. The van der Waals surface area contributed by atoms with E-state index in [9.17, 15) is 13.2 Å². The van der Waals surface area contributed by atoms with Gasteiger partial charge in [0.15, 0.2) is 0 Å². The molecule has 1 atom stereocenters. The van der Waals surface area contributed by atoms with Crippen LogP contribution in [0.5, 0.6) is 0 Å². The maximum Gasteiger partial charge on any atom is 0.267 e. The van der Waals surface area contributed by atoms with Gasteiger partial charge >= 0.3 is 0 Å². The minimum absolute atomic E-state index is 0.128. The monoisotopic (exact) mass is 349 g/mol. The van der Waals surface area contributed by atoms with Gasteiger partial charge in [0.05, 0.1) is 17.3 Å². The highest BCUT2D eigenvalue weighted by atomic mass is 32.2. The first-order valence-electron chi connectivity index (χ1n) is 7.98. The van der Waals surface area contributed by atoms with Crippen molar-refractivity contribution in [3.8, 4) is 0 Å². The van der Waals surface area contributed by atoms with Crippen molar-refractivity contribution in [3.05, 3.63) is 47.3 Å². The third-order valence-electron chi connectivity index (χ3n) is 4.05. The van der Waals surface area contributed by atoms with Crippen molar-refractivity contribution >= 4 is 15.9 Å². The molecule has 0 aliphatic rings. The fraction of sp³-hybridized carbons (Fsp3) is 0.412. The highest BCUT2D eigenvalue weighted by Crippen LogP contribution is 2.22. The molecule has 130 valence electrons. The molecule has 0 unspecified atom stereocenters. The fourth-order valence-corrected chi connectivity index (χ4v) is 4.32. The lowest BCUT2D eigenvalue weighted by Gasteiger charge is -2.13. The van der Waals surface area contributed by atoms with Crippen molar-refractivity contribution in [2.45, 2.75) is 44.4 Å². The predicted octanol–water partition coefficient (Wildman–Crippen LogP) is 2.15. The van der Waals surface area contributed by atoms with Crippen LogP contribution in [0.25, 0.3) is 0 Å². The van der Waals surface area contributed by atoms with E-state index in [0.717, 1.165) is 5.56 Å². The molecule has 1 aromatic carbocycles. The second kappa shape index (κ2) is 7.17. The smallest absolute Gasteiger partial charge is 0.267 e. The number of amides is 1. The summed E-state index contributed by atoms with van der Waals surface area (Å²) in [5, 5.41) is 4.26. The quantitative estimate of drug-likeness (QED) is 0.866. The Morgan fingerprint density at radius 2 is 1.83 bits per heavy atom. The Balaban J connectivity index is 2.34. The van der Waals surface area contributed by atoms with Gasteiger partial charge in [-0.25, -0.2) is 13.1 Å². The lowest BCUT2D eigenvalue weighted by atomic mass is 10.0. The summed E-state index contributed by atoms with van der Waals surface area (Å²) in [5.41, 5.74) is 1.84. The Kier molecular flexibility index (Phi) is 5.43. The van der Waals surface area contributed by atoms with Gasteiger partial charge in [0.2, 0.25) is 5.91 Å². The van der Waals surface area contributed by atoms with E-state index in [2.05, 4.69) is 9.82 Å². The molecule has 6 nitrogen and oxygen atoms in total. The average molecular weight is 349 g/mol. The summed E-state index contributed by atoms with van der Waals surface area (Å²) in [5.74, 6) is -1.11. The zero-order chi connectivity index (χ0) is 17.9. The van der Waals surface area contributed by atoms with Gasteiger partial charge < -0.3 is 0 Å². The number of sulfonamides is 1. The van der Waals surface area contributed by atoms with Crippen molar-refractivity contribution in [2.24, 2.45) is 7.05 Å². The Bertz CT molecular complexity index is 826. The number of carbonyl (C=O) groups is 1. The maximum atomic E-state index is 12.8. The molecule has 1 aromatic heterocycles. The van der Waals surface area contributed by atoms with E-state index in [4.69, 9.17) is 0 Å². The molecule has 0 radical (unpaired) electrons. The van der Waals surface area contributed by atoms with Crippen molar-refractivity contribution < 1.29 is 13.2 Å². The van der Waals surface area contributed by atoms with Crippen molar-refractivity contribution in [1.82, 2.24) is 14.5 Å². The third kappa shape index (κ3) is 3.51. The van der Waals surface area contributed by atoms with Crippen LogP contribution in [0.2, 0.25) is 0 Å². The van der Waals surface area contributed by atoms with Gasteiger partial charge in [0, 0.05) is 7.05 Å². The van der Waals surface area contributed by atoms with Gasteiger partial charge in [-0.2, -0.15) is 5.10 Å². The number of carbonyl (C=O) groups excluding carboxylic acids is 1. The van der Waals surface area contributed by atoms with Gasteiger partial charge in [-0.05, 0) is 25.3 Å². The zero-order valence-electron chi connectivity index (χ0n) is 14.4. The Labute approximate surface area is 142 Å². The largest absolute Gasteiger partial charge is 0.273 e. The van der Waals surface area contributed by atoms with Gasteiger partial charge in [0.25, 0.3) is 10.0 Å². The first-order valence-corrected chi connectivity index (χ1v) is 9.46. The number of aryl methyl sites for hydroxylation is 2. The van der Waals surface area contributed by atoms with Crippen LogP contribution in [-0.4, -0.2) is 24.1 Å². The van der Waals surface area contributed by atoms with Crippen LogP contribution in [0.15, 0.2) is 35.2 Å². The molecule has 2 aromatic rings. The molecule has 7 heteroatoms. The van der Waals surface area contributed by atoms with Gasteiger partial charge in [-0.15, -0.1) is 0 Å². The fourth-order valence-electron chi connectivity index (χ4n) is 2.70. The number of hydrogen-bond donors (Lipinski definition) is 1. The predicted molar refractivity (Wildman–Crippen MR) is 92.1 cm³/mol. The third-order valence-corrected chi connectivity index (χ3v) is 5.53. The standard InChI is InChI=1S/C17H23N3O3S/c1-5-14-16(15(6-2)20(4)18-14)24(22,23)19-17(21)12(3)13-10-8-7-9-11-13/h7-12H,5-6H2,1-4H3,(H,19,21)/t12-/m0/s1. The van der Waals surface area contributed by atoms with Crippen LogP contribution in [-0.2, 0) is 34.7 Å². The highest BCUT2D eigenvalue weighted by molar-refractivity contribution is 7.90. The van der Waals surface area contributed by atoms with E-state index in [1.54, 1.807) is 30.8 Å². The molecule has 0 fully saturated rings. The summed E-state index contributed by atoms with van der Waals surface area (Å²) >= 11 is 0. The van der Waals surface area contributed by atoms with Crippen LogP contribution >= 0.6 is 0 Å². The zero-order valence-corrected chi connectivity index (χ0v) is 15.2. The summed E-state index contributed by atoms with van der Waals surface area (Å²) in [6.45, 7) is 5.39. The number of nitrogens with one attached hydrogen (secondary N) is 1. The molecule has 1 N–H and O–H groups in total. The molecule has 2 rings (SSSR count). The average Bonchev–Trinajstić information content (AvgIpc) is 2.91. The van der Waals surface area contributed by atoms with Crippen LogP contribution in [0.4, 0.5) is 0 Å². The normalized spacial score (nSPS) is 12.8. The van der Waals surface area contributed by atoms with E-state index in [1.807, 2.05) is 32.0 Å². The van der Waals surface area contributed by atoms with Crippen LogP contribution in [0.1, 0.15) is 43.6 Å². The highest BCUT2D eigenvalue weighted by Gasteiger charge is 2.29. The number of benzene rings is 1. The van der Waals surface area contributed by atoms with Crippen LogP contribution in [0.3, 0.4) is 0 Å². The minimum atomic E-state index is -3.96. The Morgan fingerprint density at radius 1 is 1.21 bits per heavy atom. The minimum Gasteiger partial charge on any atom is -0.273 e. The first kappa shape index (κ1) is 18.2. The Hall–Kier alpha value is -2.15. The van der Waals surface area contributed by atoms with Crippen molar-refractivity contribution in [2.75, 3.05) is 0 Å². The van der Waals surface area contributed by atoms with Gasteiger partial charge in [-0.1, -0.05) is 44.2 Å². The molecule has 1 heterocycles.